The van der Waals surface area contributed by atoms with Crippen LogP contribution in [0.2, 0.25) is 0 Å². The molecule has 0 radical (unpaired) electrons. The molecule has 0 bridgehead atoms. The largest absolute Gasteiger partial charge is 0.479 e. The lowest BCUT2D eigenvalue weighted by molar-refractivity contribution is -0.114. The first-order valence-corrected chi connectivity index (χ1v) is 13.2. The third-order valence-corrected chi connectivity index (χ3v) is 6.68. The highest BCUT2D eigenvalue weighted by atomic mass is 32.2. The second kappa shape index (κ2) is 10.1. The number of aromatic nitrogens is 3. The molecule has 194 valence electrons. The molecule has 10 nitrogen and oxygen atoms in total. The van der Waals surface area contributed by atoms with Gasteiger partial charge in [0.05, 0.1) is 17.5 Å². The number of ether oxygens (including phenoxy) is 3. The number of rotatable bonds is 7. The van der Waals surface area contributed by atoms with Crippen molar-refractivity contribution in [1.82, 2.24) is 15.0 Å². The Hall–Kier alpha value is -3.57. The maximum absolute atomic E-state index is 11.7. The van der Waals surface area contributed by atoms with Gasteiger partial charge in [-0.3, -0.25) is 4.79 Å². The lowest BCUT2D eigenvalue weighted by Crippen LogP contribution is -2.51. The van der Waals surface area contributed by atoms with Crippen molar-refractivity contribution >= 4 is 40.7 Å². The zero-order chi connectivity index (χ0) is 26.2. The molecule has 0 aromatic carbocycles. The summed E-state index contributed by atoms with van der Waals surface area (Å²) in [7, 11) is 1.74. The first-order chi connectivity index (χ1) is 17.7. The lowest BCUT2D eigenvalue weighted by atomic mass is 10.1. The third kappa shape index (κ3) is 5.57. The molecule has 2 aliphatic heterocycles. The number of hydrogen-bond donors (Lipinski definition) is 2. The van der Waals surface area contributed by atoms with Gasteiger partial charge in [0.25, 0.3) is 5.88 Å². The van der Waals surface area contributed by atoms with Crippen molar-refractivity contribution in [1.29, 1.82) is 0 Å². The molecule has 0 atom stereocenters. The van der Waals surface area contributed by atoms with Gasteiger partial charge in [0.15, 0.2) is 5.75 Å². The van der Waals surface area contributed by atoms with Gasteiger partial charge in [-0.05, 0) is 38.3 Å². The molecule has 1 saturated heterocycles. The van der Waals surface area contributed by atoms with Crippen LogP contribution >= 0.6 is 11.8 Å². The quantitative estimate of drug-likeness (QED) is 0.435. The maximum Gasteiger partial charge on any atom is 0.257 e. The summed E-state index contributed by atoms with van der Waals surface area (Å²) in [6.45, 7) is 7.45. The maximum atomic E-state index is 11.7. The highest BCUT2D eigenvalue weighted by Crippen LogP contribution is 2.38. The zero-order valence-corrected chi connectivity index (χ0v) is 22.3. The number of pyridine rings is 3. The molecule has 0 saturated carbocycles. The van der Waals surface area contributed by atoms with Crippen LogP contribution < -0.4 is 25.0 Å². The molecule has 2 aliphatic rings. The highest BCUT2D eigenvalue weighted by molar-refractivity contribution is 7.98. The number of thioether (sulfide) groups is 1. The molecule has 2 N–H and O–H groups in total. The van der Waals surface area contributed by atoms with Gasteiger partial charge in [-0.1, -0.05) is 0 Å². The fourth-order valence-electron chi connectivity index (χ4n) is 4.12. The van der Waals surface area contributed by atoms with E-state index in [4.69, 9.17) is 24.2 Å². The summed E-state index contributed by atoms with van der Waals surface area (Å²) in [6, 6.07) is 9.57. The van der Waals surface area contributed by atoms with Crippen molar-refractivity contribution in [3.8, 4) is 22.9 Å². The number of amides is 1. The van der Waals surface area contributed by atoms with Crippen LogP contribution in [0.1, 0.15) is 20.8 Å². The van der Waals surface area contributed by atoms with Gasteiger partial charge in [0, 0.05) is 56.7 Å². The minimum Gasteiger partial charge on any atom is -0.479 e. The minimum absolute atomic E-state index is 0.207. The number of methoxy groups -OCH3 is 1. The molecule has 1 amide bonds. The van der Waals surface area contributed by atoms with Crippen molar-refractivity contribution < 1.29 is 19.0 Å². The monoisotopic (exact) mass is 522 g/mol. The Morgan fingerprint density at radius 2 is 2.00 bits per heavy atom. The molecule has 3 aromatic rings. The summed E-state index contributed by atoms with van der Waals surface area (Å²) in [5, 5.41) is 7.07. The first kappa shape index (κ1) is 25.1. The van der Waals surface area contributed by atoms with Gasteiger partial charge >= 0.3 is 0 Å². The average molecular weight is 523 g/mol. The van der Waals surface area contributed by atoms with Crippen LogP contribution in [0.25, 0.3) is 11.3 Å². The van der Waals surface area contributed by atoms with Crippen LogP contribution in [0.15, 0.2) is 41.6 Å². The van der Waals surface area contributed by atoms with Gasteiger partial charge < -0.3 is 29.7 Å². The summed E-state index contributed by atoms with van der Waals surface area (Å²) in [5.41, 5.74) is 2.71. The van der Waals surface area contributed by atoms with Gasteiger partial charge in [0.2, 0.25) is 5.91 Å². The molecule has 0 spiro atoms. The highest BCUT2D eigenvalue weighted by Gasteiger charge is 2.30. The van der Waals surface area contributed by atoms with Crippen LogP contribution in [-0.4, -0.2) is 65.6 Å². The predicted molar refractivity (Wildman–Crippen MR) is 144 cm³/mol. The third-order valence-electron chi connectivity index (χ3n) is 6.06. The Labute approximate surface area is 220 Å². The summed E-state index contributed by atoms with van der Waals surface area (Å²) in [4.78, 5) is 27.8. The topological polar surface area (TPSA) is 111 Å². The average Bonchev–Trinajstić information content (AvgIpc) is 2.82. The molecule has 37 heavy (non-hydrogen) atoms. The number of nitrogens with zero attached hydrogens (tertiary/aromatic N) is 4. The number of anilines is 4. The SMILES string of the molecule is COC1CN(c2cc(Nc3cc(NC(C)=O)ncc3-c3ccc4c(n3)OCC(C)(C)O4)nc(SC)c2)C1. The van der Waals surface area contributed by atoms with Crippen LogP contribution in [-0.2, 0) is 9.53 Å². The van der Waals surface area contributed by atoms with E-state index in [1.54, 1.807) is 31.1 Å². The van der Waals surface area contributed by atoms with Gasteiger partial charge in [-0.2, -0.15) is 0 Å². The zero-order valence-electron chi connectivity index (χ0n) is 21.5. The first-order valence-electron chi connectivity index (χ1n) is 11.9. The smallest absolute Gasteiger partial charge is 0.257 e. The molecule has 11 heteroatoms. The summed E-state index contributed by atoms with van der Waals surface area (Å²) in [6.07, 6.45) is 3.91. The van der Waals surface area contributed by atoms with Crippen molar-refractivity contribution in [3.05, 3.63) is 36.5 Å². The van der Waals surface area contributed by atoms with E-state index in [2.05, 4.69) is 26.6 Å². The summed E-state index contributed by atoms with van der Waals surface area (Å²) < 4.78 is 17.3. The Morgan fingerprint density at radius 1 is 1.19 bits per heavy atom. The lowest BCUT2D eigenvalue weighted by Gasteiger charge is -2.40. The van der Waals surface area contributed by atoms with Crippen molar-refractivity contribution in [2.24, 2.45) is 0 Å². The molecule has 1 fully saturated rings. The summed E-state index contributed by atoms with van der Waals surface area (Å²) >= 11 is 1.57. The number of nitrogens with one attached hydrogen (secondary N) is 2. The van der Waals surface area contributed by atoms with Crippen LogP contribution in [0, 0.1) is 0 Å². The number of carbonyl (C=O) groups excluding carboxylic acids is 1. The Morgan fingerprint density at radius 3 is 2.73 bits per heavy atom. The standard InChI is InChI=1S/C26H30N6O4S/c1-15(33)28-22-10-20(29-23-8-16(9-24(31-23)37-5)32-12-17(13-32)34-4)18(11-27-22)19-6-7-21-25(30-19)35-14-26(2,3)36-21/h6-11,17H,12-14H2,1-5H3,(H2,27,28,29,31,33). The van der Waals surface area contributed by atoms with Crippen molar-refractivity contribution in [3.63, 3.8) is 0 Å². The van der Waals surface area contributed by atoms with E-state index in [0.29, 0.717) is 41.3 Å². The van der Waals surface area contributed by atoms with E-state index in [1.807, 2.05) is 38.3 Å². The van der Waals surface area contributed by atoms with E-state index in [1.165, 1.54) is 6.92 Å². The summed E-state index contributed by atoms with van der Waals surface area (Å²) in [5.74, 6) is 1.92. The van der Waals surface area contributed by atoms with E-state index in [9.17, 15) is 4.79 Å². The second-order valence-corrected chi connectivity index (χ2v) is 10.4. The Bertz CT molecular complexity index is 1330. The number of fused-ring (bicyclic) bond motifs is 1. The normalized spacial score (nSPS) is 16.2. The molecule has 5 rings (SSSR count). The molecule has 3 aromatic heterocycles. The van der Waals surface area contributed by atoms with Crippen molar-refractivity contribution in [2.75, 3.05) is 48.6 Å². The minimum atomic E-state index is -0.421. The van der Waals surface area contributed by atoms with Gasteiger partial charge in [-0.25, -0.2) is 15.0 Å². The van der Waals surface area contributed by atoms with Crippen LogP contribution in [0.5, 0.6) is 11.6 Å². The molecule has 0 aliphatic carbocycles. The predicted octanol–water partition coefficient (Wildman–Crippen LogP) is 4.35. The Balaban J connectivity index is 1.51. The second-order valence-electron chi connectivity index (χ2n) is 9.59. The van der Waals surface area contributed by atoms with Crippen LogP contribution in [0.3, 0.4) is 0 Å². The molecule has 0 unspecified atom stereocenters. The Kier molecular flexibility index (Phi) is 6.82. The van der Waals surface area contributed by atoms with E-state index in [0.717, 1.165) is 29.4 Å². The van der Waals surface area contributed by atoms with E-state index >= 15 is 0 Å². The molecular weight excluding hydrogens is 492 g/mol. The van der Waals surface area contributed by atoms with Gasteiger partial charge in [0.1, 0.15) is 28.9 Å². The fraction of sp³-hybridized carbons (Fsp3) is 0.385. The van der Waals surface area contributed by atoms with E-state index < -0.39 is 5.60 Å². The van der Waals surface area contributed by atoms with Crippen LogP contribution in [0.4, 0.5) is 23.0 Å². The number of carbonyl (C=O) groups is 1. The van der Waals surface area contributed by atoms with Gasteiger partial charge in [-0.15, -0.1) is 11.8 Å². The van der Waals surface area contributed by atoms with E-state index in [-0.39, 0.29) is 12.0 Å². The number of hydrogen-bond acceptors (Lipinski definition) is 10. The molecule has 5 heterocycles. The fourth-order valence-corrected chi connectivity index (χ4v) is 4.55. The van der Waals surface area contributed by atoms with Crippen molar-refractivity contribution in [2.45, 2.75) is 37.5 Å². The molecular formula is C26H30N6O4S.